The van der Waals surface area contributed by atoms with Gasteiger partial charge in [-0.3, -0.25) is 0 Å². The summed E-state index contributed by atoms with van der Waals surface area (Å²) >= 11 is 0. The molecule has 2 atom stereocenters. The van der Waals surface area contributed by atoms with Crippen LogP contribution < -0.4 is 0 Å². The van der Waals surface area contributed by atoms with E-state index in [1.165, 1.54) is 55.4 Å². The zero-order valence-corrected chi connectivity index (χ0v) is 19.6. The highest BCUT2D eigenvalue weighted by Gasteiger charge is 2.48. The smallest absolute Gasteiger partial charge is 0.197 e. The van der Waals surface area contributed by atoms with E-state index in [-0.39, 0.29) is 5.41 Å². The van der Waals surface area contributed by atoms with E-state index in [0.717, 1.165) is 0 Å². The molecular formula is C31H30N+. The predicted molar refractivity (Wildman–Crippen MR) is 136 cm³/mol. The molecule has 1 heteroatoms. The molecule has 0 spiro atoms. The molecular weight excluding hydrogens is 386 g/mol. The average molecular weight is 417 g/mol. The number of allylic oxidation sites excluding steroid dienone is 5. The second-order valence-corrected chi connectivity index (χ2v) is 10.5. The molecule has 2 aliphatic carbocycles. The second-order valence-electron chi connectivity index (χ2n) is 10.5. The van der Waals surface area contributed by atoms with E-state index < -0.39 is 0 Å². The van der Waals surface area contributed by atoms with Crippen LogP contribution in [0.1, 0.15) is 54.5 Å². The number of benzene rings is 3. The Morgan fingerprint density at radius 1 is 0.844 bits per heavy atom. The Morgan fingerprint density at radius 3 is 2.34 bits per heavy atom. The summed E-state index contributed by atoms with van der Waals surface area (Å²) in [6, 6.07) is 20.5. The highest BCUT2D eigenvalue weighted by Crippen LogP contribution is 2.54. The number of aryl methyl sites for hydroxylation is 1. The van der Waals surface area contributed by atoms with Gasteiger partial charge in [-0.05, 0) is 57.0 Å². The summed E-state index contributed by atoms with van der Waals surface area (Å²) in [4.78, 5) is 0. The first-order valence-corrected chi connectivity index (χ1v) is 11.7. The van der Waals surface area contributed by atoms with Gasteiger partial charge in [-0.25, -0.2) is 4.58 Å². The fraction of sp³-hybridized carbons (Fsp3) is 0.258. The van der Waals surface area contributed by atoms with Gasteiger partial charge in [0.15, 0.2) is 11.9 Å². The van der Waals surface area contributed by atoms with Crippen molar-refractivity contribution in [1.29, 1.82) is 0 Å². The van der Waals surface area contributed by atoms with Crippen LogP contribution in [0.3, 0.4) is 0 Å². The van der Waals surface area contributed by atoms with E-state index in [9.17, 15) is 0 Å². The standard InChI is InChI=1S/C31H30N/c1-19-21-12-6-8-14-23(21)27(31(2,3)4)17-26(19)30-29-25-15-9-7-13-22(25)24-16-10-11-20(28(24)29)18-32(30)5/h6-18,28-29H,1-5H3/q+1. The summed E-state index contributed by atoms with van der Waals surface area (Å²) in [5, 5.41) is 2.75. The average Bonchev–Trinajstić information content (AvgIpc) is 3.10. The van der Waals surface area contributed by atoms with E-state index in [1.807, 2.05) is 0 Å². The lowest BCUT2D eigenvalue weighted by Gasteiger charge is -2.29. The second kappa shape index (κ2) is 6.65. The summed E-state index contributed by atoms with van der Waals surface area (Å²) in [6.07, 6.45) is 9.21. The Balaban J connectivity index is 1.69. The number of rotatable bonds is 1. The molecule has 3 aromatic carbocycles. The lowest BCUT2D eigenvalue weighted by molar-refractivity contribution is -0.427. The minimum atomic E-state index is 0.0725. The van der Waals surface area contributed by atoms with Crippen molar-refractivity contribution < 1.29 is 4.58 Å². The number of hydrogen-bond acceptors (Lipinski definition) is 0. The molecule has 6 rings (SSSR count). The molecule has 0 saturated heterocycles. The number of nitrogens with zero attached hydrogens (tertiary/aromatic N) is 1. The van der Waals surface area contributed by atoms with E-state index in [0.29, 0.717) is 11.8 Å². The van der Waals surface area contributed by atoms with Crippen LogP contribution in [0.4, 0.5) is 0 Å². The van der Waals surface area contributed by atoms with Crippen LogP contribution in [0.25, 0.3) is 16.3 Å². The summed E-state index contributed by atoms with van der Waals surface area (Å²) in [6.45, 7) is 9.30. The molecule has 1 aliphatic heterocycles. The third-order valence-electron chi connectivity index (χ3n) is 7.61. The fourth-order valence-electron chi connectivity index (χ4n) is 6.20. The Bertz CT molecular complexity index is 1420. The molecule has 32 heavy (non-hydrogen) atoms. The maximum absolute atomic E-state index is 2.49. The van der Waals surface area contributed by atoms with Gasteiger partial charge in [-0.1, -0.05) is 87.5 Å². The summed E-state index contributed by atoms with van der Waals surface area (Å²) < 4.78 is 2.40. The minimum Gasteiger partial charge on any atom is -0.204 e. The van der Waals surface area contributed by atoms with E-state index in [1.54, 1.807) is 0 Å². The maximum Gasteiger partial charge on any atom is 0.197 e. The predicted octanol–water partition coefficient (Wildman–Crippen LogP) is 7.14. The van der Waals surface area contributed by atoms with Gasteiger partial charge in [-0.15, -0.1) is 0 Å². The molecule has 0 fully saturated rings. The first-order valence-electron chi connectivity index (χ1n) is 11.7. The molecule has 1 heterocycles. The molecule has 3 aromatic rings. The highest BCUT2D eigenvalue weighted by molar-refractivity contribution is 6.11. The van der Waals surface area contributed by atoms with Crippen molar-refractivity contribution in [2.45, 2.75) is 39.0 Å². The first-order chi connectivity index (χ1) is 15.4. The van der Waals surface area contributed by atoms with Gasteiger partial charge in [0.25, 0.3) is 0 Å². The largest absolute Gasteiger partial charge is 0.204 e. The van der Waals surface area contributed by atoms with Gasteiger partial charge in [0.1, 0.15) is 7.05 Å². The molecule has 0 bridgehead atoms. The summed E-state index contributed by atoms with van der Waals surface area (Å²) in [7, 11) is 2.23. The van der Waals surface area contributed by atoms with Crippen molar-refractivity contribution in [2.24, 2.45) is 5.92 Å². The van der Waals surface area contributed by atoms with Crippen molar-refractivity contribution >= 4 is 22.1 Å². The van der Waals surface area contributed by atoms with E-state index in [2.05, 4.69) is 118 Å². The number of hydrogen-bond donors (Lipinski definition) is 0. The van der Waals surface area contributed by atoms with Crippen LogP contribution in [0.15, 0.2) is 84.6 Å². The van der Waals surface area contributed by atoms with E-state index >= 15 is 0 Å². The third kappa shape index (κ3) is 2.60. The van der Waals surface area contributed by atoms with Gasteiger partial charge in [0.2, 0.25) is 0 Å². The van der Waals surface area contributed by atoms with Gasteiger partial charge in [-0.2, -0.15) is 0 Å². The zero-order valence-electron chi connectivity index (χ0n) is 19.6. The lowest BCUT2D eigenvalue weighted by Crippen LogP contribution is -2.32. The summed E-state index contributed by atoms with van der Waals surface area (Å²) in [5.74, 6) is 0.757. The molecule has 2 unspecified atom stereocenters. The van der Waals surface area contributed by atoms with Crippen molar-refractivity contribution in [3.8, 4) is 0 Å². The lowest BCUT2D eigenvalue weighted by atomic mass is 9.73. The Hall–Kier alpha value is -3.19. The van der Waals surface area contributed by atoms with Crippen molar-refractivity contribution in [2.75, 3.05) is 7.05 Å². The molecule has 0 saturated carbocycles. The fourth-order valence-corrected chi connectivity index (χ4v) is 6.20. The van der Waals surface area contributed by atoms with Crippen LogP contribution in [0, 0.1) is 12.8 Å². The molecule has 158 valence electrons. The van der Waals surface area contributed by atoms with Crippen LogP contribution >= 0.6 is 0 Å². The van der Waals surface area contributed by atoms with Crippen molar-refractivity contribution in [3.63, 3.8) is 0 Å². The minimum absolute atomic E-state index is 0.0725. The molecule has 0 amide bonds. The maximum atomic E-state index is 2.49. The first kappa shape index (κ1) is 19.5. The Morgan fingerprint density at radius 2 is 1.56 bits per heavy atom. The Kier molecular flexibility index (Phi) is 4.05. The van der Waals surface area contributed by atoms with Crippen molar-refractivity contribution in [3.05, 3.63) is 112 Å². The molecule has 3 aliphatic rings. The van der Waals surface area contributed by atoms with Crippen LogP contribution in [0.5, 0.6) is 0 Å². The van der Waals surface area contributed by atoms with Gasteiger partial charge < -0.3 is 0 Å². The molecule has 0 radical (unpaired) electrons. The molecule has 0 aromatic heterocycles. The summed E-state index contributed by atoms with van der Waals surface area (Å²) in [5.41, 5.74) is 11.5. The van der Waals surface area contributed by atoms with Crippen molar-refractivity contribution in [1.82, 2.24) is 0 Å². The quantitative estimate of drug-likeness (QED) is 0.371. The van der Waals surface area contributed by atoms with Gasteiger partial charge in [0, 0.05) is 17.1 Å². The van der Waals surface area contributed by atoms with Crippen LogP contribution in [-0.4, -0.2) is 17.3 Å². The normalized spacial score (nSPS) is 21.4. The van der Waals surface area contributed by atoms with Crippen LogP contribution in [0.2, 0.25) is 0 Å². The van der Waals surface area contributed by atoms with Gasteiger partial charge in [0.05, 0.1) is 5.92 Å². The SMILES string of the molecule is Cc1c(C2=[N+](C)C=C3C=CC=C4c5ccccc5C2C34)cc(C(C)(C)C)c2ccccc12. The van der Waals surface area contributed by atoms with Crippen LogP contribution in [-0.2, 0) is 5.41 Å². The molecule has 1 nitrogen and oxygen atoms in total. The third-order valence-corrected chi connectivity index (χ3v) is 7.61. The molecule has 0 N–H and O–H groups in total. The number of fused-ring (bicyclic) bond motifs is 4. The highest BCUT2D eigenvalue weighted by atomic mass is 15.0. The van der Waals surface area contributed by atoms with E-state index in [4.69, 9.17) is 0 Å². The Labute approximate surface area is 191 Å². The monoisotopic (exact) mass is 416 g/mol. The zero-order chi connectivity index (χ0) is 22.2. The topological polar surface area (TPSA) is 3.01 Å². The van der Waals surface area contributed by atoms with Gasteiger partial charge >= 0.3 is 0 Å².